The molecule has 1 aromatic heterocycles. The van der Waals surface area contributed by atoms with Crippen molar-refractivity contribution in [2.75, 3.05) is 20.1 Å². The van der Waals surface area contributed by atoms with Crippen LogP contribution in [0.1, 0.15) is 4.88 Å². The molecule has 0 amide bonds. The molecular weight excluding hydrogens is 460 g/mol. The molecule has 0 spiro atoms. The van der Waals surface area contributed by atoms with Gasteiger partial charge < -0.3 is 10.6 Å². The molecule has 0 aliphatic heterocycles. The van der Waals surface area contributed by atoms with Crippen LogP contribution in [0, 0.1) is 2.88 Å². The first-order valence-corrected chi connectivity index (χ1v) is 6.95. The van der Waals surface area contributed by atoms with Gasteiger partial charge in [0.05, 0.1) is 2.88 Å². The lowest BCUT2D eigenvalue weighted by Crippen LogP contribution is -2.38. The van der Waals surface area contributed by atoms with E-state index in [-0.39, 0.29) is 24.0 Å². The Hall–Kier alpha value is 0.170. The maximum Gasteiger partial charge on any atom is 0.191 e. The van der Waals surface area contributed by atoms with Crippen LogP contribution in [0.15, 0.2) is 29.8 Å². The largest absolute Gasteiger partial charge is 0.356 e. The van der Waals surface area contributed by atoms with Gasteiger partial charge in [0.25, 0.3) is 0 Å². The Morgan fingerprint density at radius 3 is 2.82 bits per heavy atom. The van der Waals surface area contributed by atoms with Gasteiger partial charge in [0, 0.05) is 25.0 Å². The van der Waals surface area contributed by atoms with Crippen molar-refractivity contribution < 1.29 is 0 Å². The first kappa shape index (κ1) is 17.2. The van der Waals surface area contributed by atoms with Crippen molar-refractivity contribution in [3.63, 3.8) is 0 Å². The number of aliphatic imine (C=N–C) groups is 1. The van der Waals surface area contributed by atoms with Crippen molar-refractivity contribution >= 4 is 63.9 Å². The summed E-state index contributed by atoms with van der Waals surface area (Å²) in [5, 5.41) is 6.39. The quantitative estimate of drug-likeness (QED) is 0.297. The van der Waals surface area contributed by atoms with Gasteiger partial charge >= 0.3 is 0 Å². The molecule has 0 radical (unpaired) electrons. The molecule has 0 aliphatic rings. The van der Waals surface area contributed by atoms with Crippen molar-refractivity contribution in [2.45, 2.75) is 6.42 Å². The minimum Gasteiger partial charge on any atom is -0.356 e. The molecule has 1 rings (SSSR count). The molecule has 0 aliphatic carbocycles. The fraction of sp³-hybridized carbons (Fsp3) is 0.364. The summed E-state index contributed by atoms with van der Waals surface area (Å²) in [4.78, 5) is 5.51. The number of thiophene rings is 1. The van der Waals surface area contributed by atoms with Gasteiger partial charge in [0.1, 0.15) is 0 Å². The third-order valence-electron chi connectivity index (χ3n) is 1.93. The molecule has 17 heavy (non-hydrogen) atoms. The number of guanidine groups is 1. The first-order valence-electron chi connectivity index (χ1n) is 5.06. The lowest BCUT2D eigenvalue weighted by Gasteiger charge is -2.09. The highest BCUT2D eigenvalue weighted by molar-refractivity contribution is 14.1. The molecule has 0 atom stereocenters. The third-order valence-corrected chi connectivity index (χ3v) is 3.88. The SMILES string of the molecule is C=CCNC(=NC)NCCc1ccc(I)s1.I. The topological polar surface area (TPSA) is 36.4 Å². The van der Waals surface area contributed by atoms with E-state index in [9.17, 15) is 0 Å². The maximum atomic E-state index is 4.11. The van der Waals surface area contributed by atoms with Crippen LogP contribution in [0.3, 0.4) is 0 Å². The molecule has 1 heterocycles. The smallest absolute Gasteiger partial charge is 0.191 e. The summed E-state index contributed by atoms with van der Waals surface area (Å²) >= 11 is 4.18. The highest BCUT2D eigenvalue weighted by Crippen LogP contribution is 2.18. The van der Waals surface area contributed by atoms with Crippen LogP contribution in [-0.2, 0) is 6.42 Å². The van der Waals surface area contributed by atoms with Gasteiger partial charge in [-0.1, -0.05) is 6.08 Å². The Morgan fingerprint density at radius 2 is 2.29 bits per heavy atom. The monoisotopic (exact) mass is 477 g/mol. The highest BCUT2D eigenvalue weighted by atomic mass is 127. The van der Waals surface area contributed by atoms with Crippen LogP contribution in [0.5, 0.6) is 0 Å². The number of halogens is 2. The fourth-order valence-electron chi connectivity index (χ4n) is 1.18. The lowest BCUT2D eigenvalue weighted by molar-refractivity contribution is 0.829. The summed E-state index contributed by atoms with van der Waals surface area (Å²) in [6.45, 7) is 5.28. The summed E-state index contributed by atoms with van der Waals surface area (Å²) in [7, 11) is 1.77. The third kappa shape index (κ3) is 7.24. The molecule has 0 saturated carbocycles. The lowest BCUT2D eigenvalue weighted by atomic mass is 10.3. The average molecular weight is 477 g/mol. The van der Waals surface area contributed by atoms with Gasteiger partial charge in [0.15, 0.2) is 5.96 Å². The van der Waals surface area contributed by atoms with E-state index in [1.54, 1.807) is 7.05 Å². The summed E-state index contributed by atoms with van der Waals surface area (Å²) < 4.78 is 1.33. The minimum atomic E-state index is 0. The number of hydrogen-bond donors (Lipinski definition) is 2. The van der Waals surface area contributed by atoms with E-state index < -0.39 is 0 Å². The van der Waals surface area contributed by atoms with E-state index >= 15 is 0 Å². The van der Waals surface area contributed by atoms with Crippen LogP contribution < -0.4 is 10.6 Å². The summed E-state index contributed by atoms with van der Waals surface area (Å²) in [5.41, 5.74) is 0. The van der Waals surface area contributed by atoms with Crippen LogP contribution in [0.4, 0.5) is 0 Å². The fourth-order valence-corrected chi connectivity index (χ4v) is 2.93. The molecule has 0 unspecified atom stereocenters. The van der Waals surface area contributed by atoms with Crippen LogP contribution in [0.25, 0.3) is 0 Å². The van der Waals surface area contributed by atoms with E-state index in [1.165, 1.54) is 7.76 Å². The normalized spacial score (nSPS) is 10.6. The standard InChI is InChI=1S/C11H16IN3S.HI/c1-3-7-14-11(13-2)15-8-6-9-4-5-10(12)16-9;/h3-5H,1,6-8H2,2H3,(H2,13,14,15);1H. The predicted octanol–water partition coefficient (Wildman–Crippen LogP) is 2.86. The van der Waals surface area contributed by atoms with E-state index in [2.05, 4.69) is 56.9 Å². The van der Waals surface area contributed by atoms with Gasteiger partial charge in [-0.25, -0.2) is 0 Å². The zero-order valence-electron chi connectivity index (χ0n) is 9.70. The average Bonchev–Trinajstić information content (AvgIpc) is 2.69. The van der Waals surface area contributed by atoms with Crippen molar-refractivity contribution in [1.29, 1.82) is 0 Å². The molecule has 0 aromatic carbocycles. The Bertz CT molecular complexity index is 363. The van der Waals surface area contributed by atoms with Crippen LogP contribution in [-0.4, -0.2) is 26.1 Å². The van der Waals surface area contributed by atoms with Gasteiger partial charge in [-0.05, 0) is 41.1 Å². The summed E-state index contributed by atoms with van der Waals surface area (Å²) in [5.74, 6) is 0.825. The molecule has 0 fully saturated rings. The van der Waals surface area contributed by atoms with E-state index in [0.29, 0.717) is 0 Å². The molecule has 6 heteroatoms. The number of nitrogens with one attached hydrogen (secondary N) is 2. The van der Waals surface area contributed by atoms with Crippen molar-refractivity contribution in [3.05, 3.63) is 32.5 Å². The number of rotatable bonds is 5. The molecular formula is C11H17I2N3S. The first-order chi connectivity index (χ1) is 7.76. The van der Waals surface area contributed by atoms with Gasteiger partial charge in [-0.3, -0.25) is 4.99 Å². The zero-order chi connectivity index (χ0) is 11.8. The Balaban J connectivity index is 0.00000256. The molecule has 96 valence electrons. The second-order valence-electron chi connectivity index (χ2n) is 3.12. The van der Waals surface area contributed by atoms with E-state index in [0.717, 1.165) is 25.5 Å². The second kappa shape index (κ2) is 10.1. The predicted molar refractivity (Wildman–Crippen MR) is 95.7 cm³/mol. The van der Waals surface area contributed by atoms with Crippen LogP contribution in [0.2, 0.25) is 0 Å². The van der Waals surface area contributed by atoms with Gasteiger partial charge in [0.2, 0.25) is 0 Å². The zero-order valence-corrected chi connectivity index (χ0v) is 15.0. The molecule has 0 bridgehead atoms. The van der Waals surface area contributed by atoms with Crippen molar-refractivity contribution in [3.8, 4) is 0 Å². The molecule has 1 aromatic rings. The maximum absolute atomic E-state index is 4.11. The van der Waals surface area contributed by atoms with Crippen molar-refractivity contribution in [2.24, 2.45) is 4.99 Å². The summed E-state index contributed by atoms with van der Waals surface area (Å²) in [6, 6.07) is 4.32. The molecule has 3 nitrogen and oxygen atoms in total. The van der Waals surface area contributed by atoms with Crippen LogP contribution >= 0.6 is 57.9 Å². The molecule has 0 saturated heterocycles. The number of hydrogen-bond acceptors (Lipinski definition) is 2. The Labute approximate surface area is 137 Å². The minimum absolute atomic E-state index is 0. The Morgan fingerprint density at radius 1 is 1.53 bits per heavy atom. The molecule has 2 N–H and O–H groups in total. The number of nitrogens with zero attached hydrogens (tertiary/aromatic N) is 1. The second-order valence-corrected chi connectivity index (χ2v) is 6.19. The van der Waals surface area contributed by atoms with E-state index in [4.69, 9.17) is 0 Å². The van der Waals surface area contributed by atoms with Gasteiger partial charge in [-0.2, -0.15) is 0 Å². The van der Waals surface area contributed by atoms with Gasteiger partial charge in [-0.15, -0.1) is 41.9 Å². The summed E-state index contributed by atoms with van der Waals surface area (Å²) in [6.07, 6.45) is 2.84. The highest BCUT2D eigenvalue weighted by Gasteiger charge is 1.98. The Kier molecular flexibility index (Phi) is 10.2. The van der Waals surface area contributed by atoms with E-state index in [1.807, 2.05) is 17.4 Å². The van der Waals surface area contributed by atoms with Crippen molar-refractivity contribution in [1.82, 2.24) is 10.6 Å².